The van der Waals surface area contributed by atoms with Crippen LogP contribution in [0.2, 0.25) is 0 Å². The predicted molar refractivity (Wildman–Crippen MR) is 131 cm³/mol. The third-order valence-electron chi connectivity index (χ3n) is 5.74. The highest BCUT2D eigenvalue weighted by Gasteiger charge is 2.36. The number of hydrogen-bond acceptors (Lipinski definition) is 4. The molecule has 0 radical (unpaired) electrons. The van der Waals surface area contributed by atoms with Crippen LogP contribution in [0.4, 0.5) is 18.9 Å². The lowest BCUT2D eigenvalue weighted by molar-refractivity contribution is -0.137. The van der Waals surface area contributed by atoms with Crippen LogP contribution in [0.25, 0.3) is 17.0 Å². The molecule has 1 unspecified atom stereocenters. The molecule has 0 saturated heterocycles. The Morgan fingerprint density at radius 3 is 2.31 bits per heavy atom. The van der Waals surface area contributed by atoms with Gasteiger partial charge in [0.1, 0.15) is 0 Å². The fourth-order valence-corrected chi connectivity index (χ4v) is 4.45. The highest BCUT2D eigenvalue weighted by molar-refractivity contribution is 7.80. The minimum absolute atomic E-state index is 0.252. The SMILES string of the molecule is CC1=C(c2nc(-c3ccccc3)no2)C(c2ccccc2)NC(=S)N1c1cccc(C(F)(F)F)c1. The first kappa shape index (κ1) is 22.8. The summed E-state index contributed by atoms with van der Waals surface area (Å²) in [4.78, 5) is 6.18. The number of benzene rings is 3. The van der Waals surface area contributed by atoms with Gasteiger partial charge in [-0.15, -0.1) is 0 Å². The molecule has 0 saturated carbocycles. The Kier molecular flexibility index (Phi) is 5.86. The van der Waals surface area contributed by atoms with Gasteiger partial charge in [0.25, 0.3) is 5.89 Å². The van der Waals surface area contributed by atoms with E-state index in [0.717, 1.165) is 23.3 Å². The van der Waals surface area contributed by atoms with Crippen LogP contribution in [0.5, 0.6) is 0 Å². The molecule has 0 spiro atoms. The number of halogens is 3. The zero-order valence-electron chi connectivity index (χ0n) is 18.5. The molecule has 1 N–H and O–H groups in total. The lowest BCUT2D eigenvalue weighted by atomic mass is 9.94. The molecule has 0 amide bonds. The fourth-order valence-electron chi connectivity index (χ4n) is 4.09. The second-order valence-corrected chi connectivity index (χ2v) is 8.35. The third-order valence-corrected chi connectivity index (χ3v) is 6.04. The van der Waals surface area contributed by atoms with E-state index in [1.54, 1.807) is 17.9 Å². The smallest absolute Gasteiger partial charge is 0.351 e. The van der Waals surface area contributed by atoms with Crippen molar-refractivity contribution in [2.24, 2.45) is 0 Å². The molecule has 0 aliphatic carbocycles. The van der Waals surface area contributed by atoms with Crippen molar-refractivity contribution in [1.82, 2.24) is 15.5 Å². The number of alkyl halides is 3. The number of allylic oxidation sites excluding steroid dienone is 1. The molecule has 176 valence electrons. The van der Waals surface area contributed by atoms with Gasteiger partial charge in [0, 0.05) is 16.9 Å². The van der Waals surface area contributed by atoms with Crippen LogP contribution in [0.1, 0.15) is 30.0 Å². The molecule has 35 heavy (non-hydrogen) atoms. The van der Waals surface area contributed by atoms with E-state index in [1.165, 1.54) is 6.07 Å². The topological polar surface area (TPSA) is 54.2 Å². The van der Waals surface area contributed by atoms with Crippen LogP contribution >= 0.6 is 12.2 Å². The quantitative estimate of drug-likeness (QED) is 0.323. The van der Waals surface area contributed by atoms with Crippen LogP contribution < -0.4 is 10.2 Å². The Morgan fingerprint density at radius 2 is 1.63 bits per heavy atom. The fraction of sp³-hybridized carbons (Fsp3) is 0.115. The molecule has 1 aromatic heterocycles. The first-order valence-electron chi connectivity index (χ1n) is 10.8. The van der Waals surface area contributed by atoms with Crippen molar-refractivity contribution in [2.45, 2.75) is 19.1 Å². The Balaban J connectivity index is 1.66. The van der Waals surface area contributed by atoms with Gasteiger partial charge in [0.15, 0.2) is 5.11 Å². The number of thiocarbonyl (C=S) groups is 1. The van der Waals surface area contributed by atoms with Crippen molar-refractivity contribution in [2.75, 3.05) is 4.90 Å². The zero-order valence-corrected chi connectivity index (χ0v) is 19.3. The highest BCUT2D eigenvalue weighted by Crippen LogP contribution is 2.40. The van der Waals surface area contributed by atoms with Crippen molar-refractivity contribution < 1.29 is 17.7 Å². The Labute approximate surface area is 204 Å². The van der Waals surface area contributed by atoms with Crippen molar-refractivity contribution in [3.63, 3.8) is 0 Å². The number of hydrogen-bond donors (Lipinski definition) is 1. The number of aromatic nitrogens is 2. The molecule has 1 aliphatic heterocycles. The summed E-state index contributed by atoms with van der Waals surface area (Å²) in [5, 5.41) is 7.66. The van der Waals surface area contributed by atoms with Gasteiger partial charge >= 0.3 is 6.18 Å². The van der Waals surface area contributed by atoms with Gasteiger partial charge in [-0.2, -0.15) is 18.2 Å². The first-order chi connectivity index (χ1) is 16.8. The van der Waals surface area contributed by atoms with Gasteiger partial charge in [-0.25, -0.2) is 0 Å². The second-order valence-electron chi connectivity index (χ2n) is 7.96. The summed E-state index contributed by atoms with van der Waals surface area (Å²) in [6.45, 7) is 1.78. The molecule has 1 atom stereocenters. The van der Waals surface area contributed by atoms with E-state index in [-0.39, 0.29) is 16.7 Å². The maximum Gasteiger partial charge on any atom is 0.416 e. The van der Waals surface area contributed by atoms with E-state index in [2.05, 4.69) is 15.5 Å². The number of rotatable bonds is 4. The normalized spacial score (nSPS) is 16.4. The molecule has 1 aliphatic rings. The average molecular weight is 493 g/mol. The van der Waals surface area contributed by atoms with E-state index < -0.39 is 17.8 Å². The summed E-state index contributed by atoms with van der Waals surface area (Å²) >= 11 is 5.62. The summed E-state index contributed by atoms with van der Waals surface area (Å²) < 4.78 is 45.9. The van der Waals surface area contributed by atoms with Crippen molar-refractivity contribution in [1.29, 1.82) is 0 Å². The van der Waals surface area contributed by atoms with Crippen molar-refractivity contribution in [3.8, 4) is 11.4 Å². The van der Waals surface area contributed by atoms with Crippen LogP contribution in [0.15, 0.2) is 95.1 Å². The molecule has 0 bridgehead atoms. The van der Waals surface area contributed by atoms with Crippen LogP contribution in [0.3, 0.4) is 0 Å². The zero-order chi connectivity index (χ0) is 24.6. The second kappa shape index (κ2) is 8.99. The van der Waals surface area contributed by atoms with Gasteiger partial charge in [-0.1, -0.05) is 71.9 Å². The molecular weight excluding hydrogens is 473 g/mol. The van der Waals surface area contributed by atoms with Crippen molar-refractivity contribution >= 4 is 28.6 Å². The van der Waals surface area contributed by atoms with Gasteiger partial charge in [0.2, 0.25) is 5.82 Å². The molecule has 4 aromatic rings. The van der Waals surface area contributed by atoms with Crippen molar-refractivity contribution in [3.05, 3.63) is 108 Å². The summed E-state index contributed by atoms with van der Waals surface area (Å²) in [6, 6.07) is 23.5. The lowest BCUT2D eigenvalue weighted by Crippen LogP contribution is -2.46. The van der Waals surface area contributed by atoms with Crippen LogP contribution in [-0.2, 0) is 6.18 Å². The maximum atomic E-state index is 13.4. The summed E-state index contributed by atoms with van der Waals surface area (Å²) in [5.74, 6) is 0.661. The van der Waals surface area contributed by atoms with Gasteiger partial charge in [-0.3, -0.25) is 4.90 Å². The van der Waals surface area contributed by atoms with E-state index in [0.29, 0.717) is 17.1 Å². The highest BCUT2D eigenvalue weighted by atomic mass is 32.1. The standard InChI is InChI=1S/C26H19F3N4OS/c1-16-21(24-31-23(32-34-24)18-11-6-3-7-12-18)22(17-9-4-2-5-10-17)30-25(35)33(16)20-14-8-13-19(15-20)26(27,28)29/h2-15,22H,1H3,(H,30,35). The predicted octanol–water partition coefficient (Wildman–Crippen LogP) is 6.62. The largest absolute Gasteiger partial charge is 0.416 e. The van der Waals surface area contributed by atoms with Gasteiger partial charge < -0.3 is 9.84 Å². The maximum absolute atomic E-state index is 13.4. The van der Waals surface area contributed by atoms with Gasteiger partial charge in [-0.05, 0) is 42.9 Å². The third kappa shape index (κ3) is 4.42. The summed E-state index contributed by atoms with van der Waals surface area (Å²) in [6.07, 6.45) is -4.48. The Bertz CT molecular complexity index is 1400. The summed E-state index contributed by atoms with van der Waals surface area (Å²) in [7, 11) is 0. The number of nitrogens with one attached hydrogen (secondary N) is 1. The molecular formula is C26H19F3N4OS. The minimum atomic E-state index is -4.48. The molecule has 0 fully saturated rings. The molecule has 9 heteroatoms. The Morgan fingerprint density at radius 1 is 0.943 bits per heavy atom. The monoisotopic (exact) mass is 492 g/mol. The number of anilines is 1. The molecule has 5 nitrogen and oxygen atoms in total. The van der Waals surface area contributed by atoms with E-state index in [4.69, 9.17) is 16.7 Å². The Hall–Kier alpha value is -3.98. The van der Waals surface area contributed by atoms with E-state index in [9.17, 15) is 13.2 Å². The molecule has 2 heterocycles. The average Bonchev–Trinajstić information content (AvgIpc) is 3.34. The molecule has 3 aromatic carbocycles. The minimum Gasteiger partial charge on any atom is -0.351 e. The summed E-state index contributed by atoms with van der Waals surface area (Å²) in [5.41, 5.74) is 2.41. The van der Waals surface area contributed by atoms with E-state index >= 15 is 0 Å². The lowest BCUT2D eigenvalue weighted by Gasteiger charge is -2.37. The van der Waals surface area contributed by atoms with Crippen LogP contribution in [0, 0.1) is 0 Å². The van der Waals surface area contributed by atoms with Crippen LogP contribution in [-0.4, -0.2) is 15.3 Å². The first-order valence-corrected chi connectivity index (χ1v) is 11.2. The number of nitrogens with zero attached hydrogens (tertiary/aromatic N) is 3. The van der Waals surface area contributed by atoms with E-state index in [1.807, 2.05) is 60.7 Å². The molecule has 5 rings (SSSR count). The van der Waals surface area contributed by atoms with Gasteiger partial charge in [0.05, 0.1) is 17.2 Å².